The second-order valence-electron chi connectivity index (χ2n) is 4.93. The van der Waals surface area contributed by atoms with Crippen molar-refractivity contribution >= 4 is 17.9 Å². The number of hydrazine groups is 1. The number of carboxylic acids is 1. The van der Waals surface area contributed by atoms with E-state index in [-0.39, 0.29) is 11.5 Å². The topological polar surface area (TPSA) is 138 Å². The molecule has 0 saturated carbocycles. The molecular formula is C15H22N4O4. The van der Waals surface area contributed by atoms with Gasteiger partial charge in [0.05, 0.1) is 5.56 Å². The van der Waals surface area contributed by atoms with Gasteiger partial charge in [0, 0.05) is 19.0 Å². The average molecular weight is 322 g/mol. The van der Waals surface area contributed by atoms with Crippen molar-refractivity contribution in [3.8, 4) is 0 Å². The Morgan fingerprint density at radius 2 is 2.04 bits per heavy atom. The van der Waals surface area contributed by atoms with E-state index < -0.39 is 18.0 Å². The fourth-order valence-corrected chi connectivity index (χ4v) is 2.17. The molecule has 1 aromatic carbocycles. The van der Waals surface area contributed by atoms with Crippen molar-refractivity contribution in [1.82, 2.24) is 10.7 Å². The Bertz CT molecular complexity index is 562. The van der Waals surface area contributed by atoms with Crippen molar-refractivity contribution < 1.29 is 19.4 Å². The maximum absolute atomic E-state index is 11.3. The minimum absolute atomic E-state index is 0.0257. The molecule has 126 valence electrons. The number of nitrogens with two attached hydrogens (primary N) is 1. The number of carboxylic acid groups (broad SMARTS) is 1. The quantitative estimate of drug-likeness (QED) is 0.121. The van der Waals surface area contributed by atoms with Crippen LogP contribution in [0.15, 0.2) is 24.3 Å². The molecule has 0 aliphatic heterocycles. The Kier molecular flexibility index (Phi) is 7.55. The number of guanidine groups is 1. The van der Waals surface area contributed by atoms with Gasteiger partial charge in [-0.3, -0.25) is 15.6 Å². The Balaban J connectivity index is 2.68. The molecule has 8 heteroatoms. The van der Waals surface area contributed by atoms with Gasteiger partial charge >= 0.3 is 11.9 Å². The molecule has 0 saturated heterocycles. The summed E-state index contributed by atoms with van der Waals surface area (Å²) in [6.07, 6.45) is 1.30. The summed E-state index contributed by atoms with van der Waals surface area (Å²) in [6.45, 7) is 1.84. The number of rotatable bonds is 8. The van der Waals surface area contributed by atoms with Crippen LogP contribution in [0.4, 0.5) is 0 Å². The summed E-state index contributed by atoms with van der Waals surface area (Å²) in [5.41, 5.74) is 2.79. The fourth-order valence-electron chi connectivity index (χ4n) is 2.17. The molecule has 0 aromatic heterocycles. The smallest absolute Gasteiger partial charge is 0.336 e. The summed E-state index contributed by atoms with van der Waals surface area (Å²) in [6, 6.07) is 6.49. The van der Waals surface area contributed by atoms with Crippen LogP contribution in [0, 0.1) is 5.41 Å². The molecule has 0 amide bonds. The molecule has 0 unspecified atom stereocenters. The molecule has 1 aromatic rings. The van der Waals surface area contributed by atoms with Crippen LogP contribution in [-0.2, 0) is 9.53 Å². The molecule has 23 heavy (non-hydrogen) atoms. The second-order valence-corrected chi connectivity index (χ2v) is 4.93. The van der Waals surface area contributed by atoms with Crippen LogP contribution in [0.25, 0.3) is 0 Å². The SMILES string of the molecule is CC(=O)O[C@@H](CCCCNC(=N)NN)c1ccccc1C(=O)O. The van der Waals surface area contributed by atoms with Gasteiger partial charge in [0.1, 0.15) is 6.10 Å². The molecule has 0 aliphatic rings. The van der Waals surface area contributed by atoms with Gasteiger partial charge in [-0.05, 0) is 25.3 Å². The molecule has 0 bridgehead atoms. The van der Waals surface area contributed by atoms with Gasteiger partial charge < -0.3 is 15.2 Å². The highest BCUT2D eigenvalue weighted by molar-refractivity contribution is 5.89. The first-order chi connectivity index (χ1) is 11.0. The van der Waals surface area contributed by atoms with Crippen molar-refractivity contribution in [1.29, 1.82) is 5.41 Å². The highest BCUT2D eigenvalue weighted by atomic mass is 16.5. The third-order valence-electron chi connectivity index (χ3n) is 3.19. The molecule has 0 aliphatic carbocycles. The normalized spacial score (nSPS) is 11.4. The number of aromatic carboxylic acids is 1. The predicted octanol–water partition coefficient (Wildman–Crippen LogP) is 1.15. The van der Waals surface area contributed by atoms with Crippen molar-refractivity contribution in [2.75, 3.05) is 6.54 Å². The van der Waals surface area contributed by atoms with Crippen molar-refractivity contribution in [3.63, 3.8) is 0 Å². The van der Waals surface area contributed by atoms with E-state index in [1.54, 1.807) is 18.2 Å². The number of hydrogen-bond donors (Lipinski definition) is 5. The fraction of sp³-hybridized carbons (Fsp3) is 0.400. The van der Waals surface area contributed by atoms with Crippen LogP contribution in [-0.4, -0.2) is 29.5 Å². The largest absolute Gasteiger partial charge is 0.478 e. The summed E-state index contributed by atoms with van der Waals surface area (Å²) in [5.74, 6) is 3.58. The van der Waals surface area contributed by atoms with E-state index in [0.717, 1.165) is 6.42 Å². The Hall–Kier alpha value is -2.61. The molecular weight excluding hydrogens is 300 g/mol. The standard InChI is InChI=1S/C15H22N4O4/c1-10(20)23-13(8-4-5-9-18-15(16)19-17)11-6-2-3-7-12(11)14(21)22/h2-3,6-7,13H,4-5,8-9,17H2,1H3,(H,21,22)(H3,16,18,19)/t13-/m0/s1. The number of unbranched alkanes of at least 4 members (excludes halogenated alkanes) is 1. The molecule has 1 atom stereocenters. The predicted molar refractivity (Wildman–Crippen MR) is 84.8 cm³/mol. The number of carbonyl (C=O) groups is 2. The number of carbonyl (C=O) groups excluding carboxylic acids is 1. The third kappa shape index (κ3) is 6.35. The summed E-state index contributed by atoms with van der Waals surface area (Å²) in [5, 5.41) is 19.3. The van der Waals surface area contributed by atoms with Crippen LogP contribution < -0.4 is 16.6 Å². The lowest BCUT2D eigenvalue weighted by Gasteiger charge is -2.19. The van der Waals surface area contributed by atoms with Gasteiger partial charge in [-0.25, -0.2) is 10.6 Å². The lowest BCUT2D eigenvalue weighted by atomic mass is 9.98. The monoisotopic (exact) mass is 322 g/mol. The maximum Gasteiger partial charge on any atom is 0.336 e. The molecule has 0 fully saturated rings. The van der Waals surface area contributed by atoms with E-state index in [0.29, 0.717) is 24.9 Å². The Labute approximate surface area is 134 Å². The summed E-state index contributed by atoms with van der Waals surface area (Å²) >= 11 is 0. The first kappa shape index (κ1) is 18.4. The van der Waals surface area contributed by atoms with Gasteiger partial charge in [-0.1, -0.05) is 18.2 Å². The highest BCUT2D eigenvalue weighted by Crippen LogP contribution is 2.27. The summed E-state index contributed by atoms with van der Waals surface area (Å²) in [4.78, 5) is 22.6. The van der Waals surface area contributed by atoms with Crippen LogP contribution in [0.3, 0.4) is 0 Å². The number of esters is 1. The molecule has 0 spiro atoms. The summed E-state index contributed by atoms with van der Waals surface area (Å²) in [7, 11) is 0. The van der Waals surface area contributed by atoms with E-state index in [1.165, 1.54) is 13.0 Å². The molecule has 8 nitrogen and oxygen atoms in total. The maximum atomic E-state index is 11.3. The number of nitrogens with one attached hydrogen (secondary N) is 3. The first-order valence-corrected chi connectivity index (χ1v) is 7.24. The third-order valence-corrected chi connectivity index (χ3v) is 3.19. The van der Waals surface area contributed by atoms with Crippen molar-refractivity contribution in [2.45, 2.75) is 32.3 Å². The molecule has 6 N–H and O–H groups in total. The van der Waals surface area contributed by atoms with E-state index in [2.05, 4.69) is 10.7 Å². The minimum atomic E-state index is -1.05. The Morgan fingerprint density at radius 1 is 1.35 bits per heavy atom. The number of hydrogen-bond acceptors (Lipinski definition) is 5. The lowest BCUT2D eigenvalue weighted by Crippen LogP contribution is -2.40. The van der Waals surface area contributed by atoms with Crippen LogP contribution in [0.2, 0.25) is 0 Å². The molecule has 0 radical (unpaired) electrons. The van der Waals surface area contributed by atoms with Gasteiger partial charge in [0.2, 0.25) is 5.96 Å². The van der Waals surface area contributed by atoms with Crippen molar-refractivity contribution in [2.24, 2.45) is 5.84 Å². The zero-order chi connectivity index (χ0) is 17.2. The van der Waals surface area contributed by atoms with E-state index in [9.17, 15) is 14.7 Å². The minimum Gasteiger partial charge on any atom is -0.478 e. The second kappa shape index (κ2) is 9.42. The number of ether oxygens (including phenoxy) is 1. The van der Waals surface area contributed by atoms with Gasteiger partial charge in [0.25, 0.3) is 0 Å². The lowest BCUT2D eigenvalue weighted by molar-refractivity contribution is -0.147. The van der Waals surface area contributed by atoms with Crippen LogP contribution in [0.1, 0.15) is 48.2 Å². The molecule has 0 heterocycles. The van der Waals surface area contributed by atoms with E-state index in [4.69, 9.17) is 16.0 Å². The van der Waals surface area contributed by atoms with E-state index >= 15 is 0 Å². The van der Waals surface area contributed by atoms with Crippen LogP contribution in [0.5, 0.6) is 0 Å². The Morgan fingerprint density at radius 3 is 2.65 bits per heavy atom. The van der Waals surface area contributed by atoms with Crippen LogP contribution >= 0.6 is 0 Å². The van der Waals surface area contributed by atoms with Gasteiger partial charge in [-0.15, -0.1) is 0 Å². The van der Waals surface area contributed by atoms with Gasteiger partial charge in [0.15, 0.2) is 0 Å². The zero-order valence-electron chi connectivity index (χ0n) is 13.0. The summed E-state index contributed by atoms with van der Waals surface area (Å²) < 4.78 is 5.28. The molecule has 1 rings (SSSR count). The zero-order valence-corrected chi connectivity index (χ0v) is 13.0. The van der Waals surface area contributed by atoms with Gasteiger partial charge in [-0.2, -0.15) is 0 Å². The average Bonchev–Trinajstić information content (AvgIpc) is 2.52. The number of benzene rings is 1. The van der Waals surface area contributed by atoms with E-state index in [1.807, 2.05) is 0 Å². The highest BCUT2D eigenvalue weighted by Gasteiger charge is 2.20. The van der Waals surface area contributed by atoms with Crippen molar-refractivity contribution in [3.05, 3.63) is 35.4 Å². The first-order valence-electron chi connectivity index (χ1n) is 7.24.